The number of rotatable bonds is 1. The molecule has 0 aromatic carbocycles. The molecule has 0 heterocycles. The van der Waals surface area contributed by atoms with Crippen molar-refractivity contribution < 1.29 is 29.4 Å². The van der Waals surface area contributed by atoms with Crippen molar-refractivity contribution in [2.45, 2.75) is 36.6 Å². The van der Waals surface area contributed by atoms with Gasteiger partial charge in [0.15, 0.2) is 0 Å². The second kappa shape index (κ2) is 4.20. The summed E-state index contributed by atoms with van der Waals surface area (Å²) in [7, 11) is 0. The first-order chi connectivity index (χ1) is 6.00. The van der Waals surface area contributed by atoms with Crippen molar-refractivity contribution in [3.63, 3.8) is 0 Å². The fraction of sp³-hybridized carbons (Fsp3) is 1.00. The maximum absolute atomic E-state index is 9.28. The van der Waals surface area contributed by atoms with Crippen molar-refractivity contribution in [2.24, 2.45) is 0 Å². The zero-order valence-electron chi connectivity index (χ0n) is 6.56. The zero-order chi connectivity index (χ0) is 10.2. The summed E-state index contributed by atoms with van der Waals surface area (Å²) in [5.41, 5.74) is 0. The summed E-state index contributed by atoms with van der Waals surface area (Å²) in [6, 6.07) is 0. The van der Waals surface area contributed by atoms with E-state index in [1.54, 1.807) is 16.3 Å². The Balaban J connectivity index is 2.79. The van der Waals surface area contributed by atoms with Gasteiger partial charge in [-0.1, -0.05) is 0 Å². The van der Waals surface area contributed by atoms with E-state index >= 15 is 0 Å². The average Bonchev–Trinajstić information content (AvgIpc) is 2.13. The van der Waals surface area contributed by atoms with Gasteiger partial charge in [-0.25, -0.2) is 0 Å². The first kappa shape index (κ1) is 11.4. The van der Waals surface area contributed by atoms with Gasteiger partial charge in [-0.05, 0) is 0 Å². The molecule has 1 aliphatic rings. The molecule has 78 valence electrons. The summed E-state index contributed by atoms with van der Waals surface area (Å²) < 4.78 is 4.61. The van der Waals surface area contributed by atoms with Crippen LogP contribution in [0.2, 0.25) is 0 Å². The van der Waals surface area contributed by atoms with Crippen LogP contribution in [-0.2, 0) is 3.82 Å². The predicted molar refractivity (Wildman–Crippen MR) is 42.1 cm³/mol. The Kier molecular flexibility index (Phi) is 3.67. The van der Waals surface area contributed by atoms with Crippen molar-refractivity contribution in [1.82, 2.24) is 0 Å². The molecule has 6 nitrogen and oxygen atoms in total. The molecule has 1 rings (SSSR count). The number of aliphatic hydroxyl groups excluding tert-OH is 5. The molecule has 13 heavy (non-hydrogen) atoms. The number of aliphatic hydroxyl groups is 5. The molecule has 0 aromatic rings. The van der Waals surface area contributed by atoms with E-state index in [1.165, 1.54) is 0 Å². The Labute approximate surface area is 82.9 Å². The van der Waals surface area contributed by atoms with E-state index in [9.17, 15) is 20.4 Å². The van der Waals surface area contributed by atoms with Crippen LogP contribution in [0.5, 0.6) is 0 Å². The van der Waals surface area contributed by atoms with E-state index in [-0.39, 0.29) is 0 Å². The average molecular weight is 259 g/mol. The zero-order valence-corrected chi connectivity index (χ0v) is 8.43. The second-order valence-electron chi connectivity index (χ2n) is 3.02. The molecule has 0 amide bonds. The molecule has 1 saturated carbocycles. The van der Waals surface area contributed by atoms with Gasteiger partial charge in [-0.15, -0.1) is 0 Å². The van der Waals surface area contributed by atoms with Crippen LogP contribution in [-0.4, -0.2) is 78.5 Å². The van der Waals surface area contributed by atoms with Gasteiger partial charge in [0.05, 0.1) is 0 Å². The Morgan fingerprint density at radius 3 is 1.31 bits per heavy atom. The van der Waals surface area contributed by atoms with Crippen molar-refractivity contribution >= 4 is 16.3 Å². The quantitative estimate of drug-likeness (QED) is 0.307. The van der Waals surface area contributed by atoms with Crippen molar-refractivity contribution in [1.29, 1.82) is 0 Å². The van der Waals surface area contributed by atoms with Gasteiger partial charge >= 0.3 is 82.3 Å². The molecule has 0 aromatic heterocycles. The molecule has 0 bridgehead atoms. The molecule has 7 heteroatoms. The van der Waals surface area contributed by atoms with Gasteiger partial charge in [0, 0.05) is 0 Å². The normalized spacial score (nSPS) is 52.2. The Hall–Kier alpha value is 0.279. The minimum atomic E-state index is -1.57. The maximum atomic E-state index is 9.28. The molecule has 0 aliphatic heterocycles. The molecule has 0 saturated heterocycles. The van der Waals surface area contributed by atoms with Crippen LogP contribution in [0.15, 0.2) is 0 Å². The molecule has 0 radical (unpaired) electrons. The third-order valence-corrected chi connectivity index (χ3v) is 2.71. The third-order valence-electron chi connectivity index (χ3n) is 2.19. The predicted octanol–water partition coefficient (Wildman–Crippen LogP) is -3.99. The third kappa shape index (κ3) is 1.88. The Morgan fingerprint density at radius 2 is 1.00 bits per heavy atom. The van der Waals surface area contributed by atoms with Crippen LogP contribution in [0.25, 0.3) is 0 Å². The molecule has 4 unspecified atom stereocenters. The Morgan fingerprint density at radius 1 is 0.692 bits per heavy atom. The van der Waals surface area contributed by atoms with Crippen molar-refractivity contribution in [2.75, 3.05) is 0 Å². The van der Waals surface area contributed by atoms with Crippen molar-refractivity contribution in [3.8, 4) is 0 Å². The van der Waals surface area contributed by atoms with Crippen LogP contribution in [0.3, 0.4) is 0 Å². The van der Waals surface area contributed by atoms with Crippen LogP contribution in [0.1, 0.15) is 0 Å². The van der Waals surface area contributed by atoms with E-state index in [4.69, 9.17) is 5.11 Å². The van der Waals surface area contributed by atoms with Gasteiger partial charge in [0.2, 0.25) is 0 Å². The number of hydrogen-bond donors (Lipinski definition) is 5. The van der Waals surface area contributed by atoms with Gasteiger partial charge in [-0.3, -0.25) is 0 Å². The summed E-state index contributed by atoms with van der Waals surface area (Å²) >= 11 is 1.67. The molecule has 5 N–H and O–H groups in total. The van der Waals surface area contributed by atoms with E-state index in [0.717, 1.165) is 0 Å². The fourth-order valence-corrected chi connectivity index (χ4v) is 1.84. The summed E-state index contributed by atoms with van der Waals surface area (Å²) in [5, 5.41) is 46.0. The van der Waals surface area contributed by atoms with Crippen LogP contribution in [0.4, 0.5) is 0 Å². The summed E-state index contributed by atoms with van der Waals surface area (Å²) in [6.45, 7) is 0. The standard InChI is InChI=1S/C6H12O6Se/c7-1-2(8)4(10)6(12-13)5(11)3(1)9/h1-11,13H. The number of hydrogen-bond acceptors (Lipinski definition) is 6. The van der Waals surface area contributed by atoms with Gasteiger partial charge in [0.1, 0.15) is 0 Å². The first-order valence-corrected chi connectivity index (χ1v) is 4.48. The van der Waals surface area contributed by atoms with Crippen LogP contribution >= 0.6 is 0 Å². The Bertz CT molecular complexity index is 163. The van der Waals surface area contributed by atoms with Crippen LogP contribution in [0, 0.1) is 0 Å². The molecule has 1 aliphatic carbocycles. The molecule has 4 atom stereocenters. The summed E-state index contributed by atoms with van der Waals surface area (Å²) in [6.07, 6.45) is -8.56. The minimum absolute atomic E-state index is 1.12. The summed E-state index contributed by atoms with van der Waals surface area (Å²) in [4.78, 5) is 0. The SMILES string of the molecule is OC1C(O)C(O)C(O[SeH])C(O)C1O. The van der Waals surface area contributed by atoms with Crippen molar-refractivity contribution in [3.05, 3.63) is 0 Å². The monoisotopic (exact) mass is 260 g/mol. The molecular formula is C6H12O6Se. The molecule has 0 spiro atoms. The van der Waals surface area contributed by atoms with E-state index in [2.05, 4.69) is 3.82 Å². The van der Waals surface area contributed by atoms with E-state index in [1.807, 2.05) is 0 Å². The van der Waals surface area contributed by atoms with E-state index < -0.39 is 36.6 Å². The van der Waals surface area contributed by atoms with Crippen LogP contribution < -0.4 is 0 Å². The molecule has 1 fully saturated rings. The first-order valence-electron chi connectivity index (χ1n) is 3.71. The van der Waals surface area contributed by atoms with Gasteiger partial charge in [0.25, 0.3) is 0 Å². The van der Waals surface area contributed by atoms with E-state index in [0.29, 0.717) is 0 Å². The molecular weight excluding hydrogens is 247 g/mol. The topological polar surface area (TPSA) is 110 Å². The fourth-order valence-electron chi connectivity index (χ4n) is 1.32. The van der Waals surface area contributed by atoms with Gasteiger partial charge in [-0.2, -0.15) is 0 Å². The second-order valence-corrected chi connectivity index (χ2v) is 3.47. The summed E-state index contributed by atoms with van der Waals surface area (Å²) in [5.74, 6) is 0. The van der Waals surface area contributed by atoms with Gasteiger partial charge < -0.3 is 0 Å².